The summed E-state index contributed by atoms with van der Waals surface area (Å²) in [5, 5.41) is 3.24. The Balaban J connectivity index is 1.61. The molecule has 0 bridgehead atoms. The highest BCUT2D eigenvalue weighted by molar-refractivity contribution is 5.78. The monoisotopic (exact) mass is 413 g/mol. The van der Waals surface area contributed by atoms with Crippen molar-refractivity contribution < 1.29 is 9.59 Å². The molecule has 162 valence electrons. The highest BCUT2D eigenvalue weighted by Crippen LogP contribution is 2.27. The number of hydrogen-bond acceptors (Lipinski definition) is 4. The van der Waals surface area contributed by atoms with Gasteiger partial charge in [0.1, 0.15) is 0 Å². The molecule has 4 rings (SSSR count). The Hall–Kier alpha value is -2.64. The van der Waals surface area contributed by atoms with Crippen LogP contribution in [0.5, 0.6) is 0 Å². The van der Waals surface area contributed by atoms with E-state index in [9.17, 15) is 14.4 Å². The number of H-pyrrole nitrogens is 1. The second kappa shape index (κ2) is 8.24. The molecule has 4 heterocycles. The third-order valence-corrected chi connectivity index (χ3v) is 6.26. The third kappa shape index (κ3) is 3.75. The fourth-order valence-corrected chi connectivity index (χ4v) is 4.59. The number of carbonyl (C=O) groups is 2. The van der Waals surface area contributed by atoms with E-state index in [-0.39, 0.29) is 29.2 Å². The van der Waals surface area contributed by atoms with Crippen molar-refractivity contribution >= 4 is 17.5 Å². The van der Waals surface area contributed by atoms with Crippen LogP contribution in [0.2, 0.25) is 0 Å². The van der Waals surface area contributed by atoms with Crippen molar-refractivity contribution in [3.63, 3.8) is 0 Å². The van der Waals surface area contributed by atoms with Gasteiger partial charge in [0.25, 0.3) is 5.56 Å². The summed E-state index contributed by atoms with van der Waals surface area (Å²) in [6.07, 6.45) is 3.98. The molecule has 2 aliphatic heterocycles. The van der Waals surface area contributed by atoms with Crippen LogP contribution < -0.4 is 5.56 Å². The van der Waals surface area contributed by atoms with E-state index in [1.54, 1.807) is 4.90 Å². The molecule has 2 amide bonds. The van der Waals surface area contributed by atoms with Crippen molar-refractivity contribution in [2.24, 2.45) is 5.92 Å². The zero-order chi connectivity index (χ0) is 21.4. The lowest BCUT2D eigenvalue weighted by atomic mass is 9.94. The number of aromatic nitrogens is 3. The van der Waals surface area contributed by atoms with Gasteiger partial charge in [-0.3, -0.25) is 19.5 Å². The van der Waals surface area contributed by atoms with Gasteiger partial charge in [-0.1, -0.05) is 20.8 Å². The minimum Gasteiger partial charge on any atom is -0.342 e. The summed E-state index contributed by atoms with van der Waals surface area (Å²) < 4.78 is 1.50. The molecule has 1 atom stereocenters. The van der Waals surface area contributed by atoms with E-state index in [0.29, 0.717) is 43.7 Å². The number of nitrogens with zero attached hydrogens (tertiary/aromatic N) is 4. The number of piperidine rings is 1. The van der Waals surface area contributed by atoms with Crippen LogP contribution in [-0.2, 0) is 22.6 Å². The number of amides is 2. The summed E-state index contributed by atoms with van der Waals surface area (Å²) >= 11 is 0. The van der Waals surface area contributed by atoms with Crippen LogP contribution in [0, 0.1) is 5.92 Å². The first-order valence-corrected chi connectivity index (χ1v) is 11.1. The molecule has 0 aromatic carbocycles. The van der Waals surface area contributed by atoms with Crippen LogP contribution in [0.15, 0.2) is 10.9 Å². The second-order valence-electron chi connectivity index (χ2n) is 8.84. The van der Waals surface area contributed by atoms with Gasteiger partial charge in [0.15, 0.2) is 5.65 Å². The molecular weight excluding hydrogens is 382 g/mol. The van der Waals surface area contributed by atoms with E-state index in [4.69, 9.17) is 4.98 Å². The molecule has 0 unspecified atom stereocenters. The number of likely N-dealkylation sites (tertiary alicyclic amines) is 1. The highest BCUT2D eigenvalue weighted by atomic mass is 16.2. The van der Waals surface area contributed by atoms with Gasteiger partial charge >= 0.3 is 0 Å². The Morgan fingerprint density at radius 3 is 2.80 bits per heavy atom. The smallest absolute Gasteiger partial charge is 0.277 e. The number of nitrogens with one attached hydrogen (secondary N) is 1. The molecular formula is C22H31N5O3. The molecule has 1 fully saturated rings. The Labute approximate surface area is 176 Å². The highest BCUT2D eigenvalue weighted by Gasteiger charge is 2.29. The number of aromatic amines is 1. The molecule has 0 saturated carbocycles. The topological polar surface area (TPSA) is 90.8 Å². The molecule has 0 aliphatic carbocycles. The maximum absolute atomic E-state index is 13.2. The lowest BCUT2D eigenvalue weighted by Gasteiger charge is -2.32. The maximum atomic E-state index is 13.2. The molecule has 1 N–H and O–H groups in total. The Bertz CT molecular complexity index is 1020. The van der Waals surface area contributed by atoms with Crippen LogP contribution >= 0.6 is 0 Å². The Morgan fingerprint density at radius 1 is 1.27 bits per heavy atom. The average molecular weight is 414 g/mol. The minimum absolute atomic E-state index is 0.0661. The van der Waals surface area contributed by atoms with Crippen LogP contribution in [0.4, 0.5) is 0 Å². The molecule has 1 saturated heterocycles. The van der Waals surface area contributed by atoms with E-state index < -0.39 is 0 Å². The van der Waals surface area contributed by atoms with Crippen LogP contribution in [0.1, 0.15) is 69.3 Å². The molecule has 2 aromatic heterocycles. The number of hydrogen-bond donors (Lipinski definition) is 1. The predicted octanol–water partition coefficient (Wildman–Crippen LogP) is 2.07. The quantitative estimate of drug-likeness (QED) is 0.831. The minimum atomic E-state index is -0.128. The second-order valence-corrected chi connectivity index (χ2v) is 8.84. The molecule has 2 aliphatic rings. The van der Waals surface area contributed by atoms with Gasteiger partial charge in [0.2, 0.25) is 11.8 Å². The van der Waals surface area contributed by atoms with Crippen molar-refractivity contribution in [1.29, 1.82) is 0 Å². The number of carbonyl (C=O) groups excluding carboxylic acids is 2. The number of fused-ring (bicyclic) bond motifs is 2. The van der Waals surface area contributed by atoms with Crippen molar-refractivity contribution in [1.82, 2.24) is 24.4 Å². The van der Waals surface area contributed by atoms with Gasteiger partial charge in [-0.2, -0.15) is 0 Å². The largest absolute Gasteiger partial charge is 0.342 e. The van der Waals surface area contributed by atoms with E-state index >= 15 is 0 Å². The maximum Gasteiger partial charge on any atom is 0.277 e. The van der Waals surface area contributed by atoms with Crippen LogP contribution in [0.3, 0.4) is 0 Å². The first-order valence-electron chi connectivity index (χ1n) is 11.1. The standard InChI is InChI=1S/C22H31N5O3/c1-4-6-20(28)25-9-5-7-15(12-25)18-11-19-23-17-8-10-26(21(29)14(2)3)13-16(17)22(30)27(19)24-18/h11,14-15,24H,4-10,12-13H2,1-3H3/t15-/m0/s1. The summed E-state index contributed by atoms with van der Waals surface area (Å²) in [5.74, 6) is 0.361. The molecule has 0 spiro atoms. The summed E-state index contributed by atoms with van der Waals surface area (Å²) in [6.45, 7) is 8.18. The predicted molar refractivity (Wildman–Crippen MR) is 113 cm³/mol. The van der Waals surface area contributed by atoms with Crippen LogP contribution in [0.25, 0.3) is 5.65 Å². The molecule has 8 nitrogen and oxygen atoms in total. The van der Waals surface area contributed by atoms with Crippen molar-refractivity contribution in [2.75, 3.05) is 19.6 Å². The van der Waals surface area contributed by atoms with E-state index in [1.165, 1.54) is 4.52 Å². The summed E-state index contributed by atoms with van der Waals surface area (Å²) in [6, 6.07) is 1.95. The summed E-state index contributed by atoms with van der Waals surface area (Å²) in [7, 11) is 0. The van der Waals surface area contributed by atoms with E-state index in [1.807, 2.05) is 31.7 Å². The van der Waals surface area contributed by atoms with E-state index in [2.05, 4.69) is 5.10 Å². The fraction of sp³-hybridized carbons (Fsp3) is 0.636. The molecule has 30 heavy (non-hydrogen) atoms. The molecule has 8 heteroatoms. The van der Waals surface area contributed by atoms with Gasteiger partial charge in [-0.15, -0.1) is 0 Å². The zero-order valence-electron chi connectivity index (χ0n) is 18.1. The molecule has 2 aromatic rings. The zero-order valence-corrected chi connectivity index (χ0v) is 18.1. The average Bonchev–Trinajstić information content (AvgIpc) is 3.18. The van der Waals surface area contributed by atoms with Gasteiger partial charge in [-0.05, 0) is 19.3 Å². The van der Waals surface area contributed by atoms with Gasteiger partial charge in [0.05, 0.1) is 17.8 Å². The van der Waals surface area contributed by atoms with Crippen molar-refractivity contribution in [2.45, 2.75) is 65.3 Å². The lowest BCUT2D eigenvalue weighted by molar-refractivity contribution is -0.135. The Kier molecular flexibility index (Phi) is 5.66. The van der Waals surface area contributed by atoms with Crippen LogP contribution in [-0.4, -0.2) is 55.8 Å². The molecule has 0 radical (unpaired) electrons. The normalized spacial score (nSPS) is 19.4. The van der Waals surface area contributed by atoms with Gasteiger partial charge in [0, 0.05) is 56.1 Å². The van der Waals surface area contributed by atoms with Gasteiger partial charge in [-0.25, -0.2) is 9.50 Å². The van der Waals surface area contributed by atoms with Crippen molar-refractivity contribution in [3.05, 3.63) is 33.4 Å². The summed E-state index contributed by atoms with van der Waals surface area (Å²) in [4.78, 5) is 46.3. The first-order chi connectivity index (χ1) is 14.4. The number of rotatable bonds is 4. The Morgan fingerprint density at radius 2 is 2.07 bits per heavy atom. The van der Waals surface area contributed by atoms with Gasteiger partial charge < -0.3 is 9.80 Å². The lowest BCUT2D eigenvalue weighted by Crippen LogP contribution is -2.42. The third-order valence-electron chi connectivity index (χ3n) is 6.26. The summed E-state index contributed by atoms with van der Waals surface area (Å²) in [5.41, 5.74) is 2.84. The fourth-order valence-electron chi connectivity index (χ4n) is 4.59. The first kappa shape index (κ1) is 20.6. The van der Waals surface area contributed by atoms with E-state index in [0.717, 1.165) is 37.2 Å². The SMILES string of the molecule is CCCC(=O)N1CCC[C@H](c2cc3nc4c(c(=O)n3[nH]2)CN(C(=O)C(C)C)CC4)C1. The van der Waals surface area contributed by atoms with Crippen molar-refractivity contribution in [3.8, 4) is 0 Å².